The van der Waals surface area contributed by atoms with Crippen molar-refractivity contribution in [1.82, 2.24) is 9.62 Å². The lowest BCUT2D eigenvalue weighted by atomic mass is 10.1. The van der Waals surface area contributed by atoms with Crippen LogP contribution >= 0.6 is 11.6 Å². The molecule has 0 unspecified atom stereocenters. The van der Waals surface area contributed by atoms with E-state index < -0.39 is 10.0 Å². The van der Waals surface area contributed by atoms with Crippen molar-refractivity contribution in [2.24, 2.45) is 0 Å². The van der Waals surface area contributed by atoms with E-state index in [0.717, 1.165) is 24.2 Å². The number of benzene rings is 2. The first kappa shape index (κ1) is 21.6. The average Bonchev–Trinajstić information content (AvgIpc) is 3.24. The third-order valence-corrected chi connectivity index (χ3v) is 7.30. The minimum atomic E-state index is -3.71. The van der Waals surface area contributed by atoms with Gasteiger partial charge in [-0.2, -0.15) is 4.31 Å². The quantitative estimate of drug-likeness (QED) is 0.711. The highest BCUT2D eigenvalue weighted by molar-refractivity contribution is 7.89. The zero-order valence-electron chi connectivity index (χ0n) is 16.5. The van der Waals surface area contributed by atoms with Crippen LogP contribution in [0.15, 0.2) is 47.4 Å². The lowest BCUT2D eigenvalue weighted by Crippen LogP contribution is -2.29. The Morgan fingerprint density at radius 2 is 1.83 bits per heavy atom. The molecule has 29 heavy (non-hydrogen) atoms. The largest absolute Gasteiger partial charge is 0.494 e. The van der Waals surface area contributed by atoms with Gasteiger partial charge in [0.15, 0.2) is 0 Å². The third-order valence-electron chi connectivity index (χ3n) is 4.91. The summed E-state index contributed by atoms with van der Waals surface area (Å²) in [7, 11) is -3.71. The van der Waals surface area contributed by atoms with E-state index >= 15 is 0 Å². The summed E-state index contributed by atoms with van der Waals surface area (Å²) >= 11 is 6.16. The molecule has 0 saturated carbocycles. The lowest BCUT2D eigenvalue weighted by Gasteiger charge is -2.18. The number of amides is 1. The van der Waals surface area contributed by atoms with Gasteiger partial charge in [0.1, 0.15) is 10.6 Å². The SMILES string of the molecule is CCOc1ccc([C@@H](C)NC(=O)c2ccc(Cl)c(S(=O)(=O)N3CCCC3)c2)cc1. The first-order chi connectivity index (χ1) is 13.8. The molecule has 6 nitrogen and oxygen atoms in total. The van der Waals surface area contributed by atoms with E-state index in [2.05, 4.69) is 5.32 Å². The summed E-state index contributed by atoms with van der Waals surface area (Å²) < 4.78 is 32.6. The van der Waals surface area contributed by atoms with Crippen LogP contribution in [0.25, 0.3) is 0 Å². The molecule has 1 aliphatic rings. The van der Waals surface area contributed by atoms with Gasteiger partial charge in [-0.05, 0) is 62.6 Å². The Morgan fingerprint density at radius 3 is 2.45 bits per heavy atom. The van der Waals surface area contributed by atoms with Crippen molar-refractivity contribution in [3.63, 3.8) is 0 Å². The minimum absolute atomic E-state index is 0.0255. The molecule has 0 bridgehead atoms. The number of halogens is 1. The number of sulfonamides is 1. The molecule has 1 N–H and O–H groups in total. The molecule has 156 valence electrons. The number of rotatable bonds is 7. The van der Waals surface area contributed by atoms with E-state index in [-0.39, 0.29) is 27.4 Å². The molecule has 0 aromatic heterocycles. The highest BCUT2D eigenvalue weighted by Gasteiger charge is 2.29. The van der Waals surface area contributed by atoms with Crippen molar-refractivity contribution < 1.29 is 17.9 Å². The van der Waals surface area contributed by atoms with Gasteiger partial charge in [0.25, 0.3) is 5.91 Å². The highest BCUT2D eigenvalue weighted by atomic mass is 35.5. The predicted octanol–water partition coefficient (Wildman–Crippen LogP) is 4.01. The number of carbonyl (C=O) groups is 1. The normalized spacial score (nSPS) is 15.8. The maximum absolute atomic E-state index is 12.9. The number of carbonyl (C=O) groups excluding carboxylic acids is 1. The molecule has 1 amide bonds. The number of hydrogen-bond acceptors (Lipinski definition) is 4. The summed E-state index contributed by atoms with van der Waals surface area (Å²) in [5.41, 5.74) is 1.17. The summed E-state index contributed by atoms with van der Waals surface area (Å²) in [4.78, 5) is 12.7. The van der Waals surface area contributed by atoms with E-state index in [9.17, 15) is 13.2 Å². The second-order valence-electron chi connectivity index (χ2n) is 6.95. The molecular formula is C21H25ClN2O4S. The Bertz CT molecular complexity index is 971. The lowest BCUT2D eigenvalue weighted by molar-refractivity contribution is 0.0939. The van der Waals surface area contributed by atoms with E-state index in [1.54, 1.807) is 0 Å². The van der Waals surface area contributed by atoms with Crippen molar-refractivity contribution >= 4 is 27.5 Å². The maximum atomic E-state index is 12.9. The Balaban J connectivity index is 1.77. The average molecular weight is 437 g/mol. The summed E-state index contributed by atoms with van der Waals surface area (Å²) in [6.07, 6.45) is 1.66. The van der Waals surface area contributed by atoms with Crippen molar-refractivity contribution in [1.29, 1.82) is 0 Å². The molecule has 2 aromatic rings. The van der Waals surface area contributed by atoms with Crippen LogP contribution in [0.1, 0.15) is 48.7 Å². The molecular weight excluding hydrogens is 412 g/mol. The molecule has 1 aliphatic heterocycles. The van der Waals surface area contributed by atoms with E-state index in [4.69, 9.17) is 16.3 Å². The van der Waals surface area contributed by atoms with Crippen LogP contribution in [0.4, 0.5) is 0 Å². The number of nitrogens with one attached hydrogen (secondary N) is 1. The van der Waals surface area contributed by atoms with Crippen LogP contribution < -0.4 is 10.1 Å². The Morgan fingerprint density at radius 1 is 1.17 bits per heavy atom. The van der Waals surface area contributed by atoms with Gasteiger partial charge < -0.3 is 10.1 Å². The van der Waals surface area contributed by atoms with Gasteiger partial charge in [-0.15, -0.1) is 0 Å². The molecule has 1 saturated heterocycles. The zero-order valence-corrected chi connectivity index (χ0v) is 18.1. The van der Waals surface area contributed by atoms with Crippen molar-refractivity contribution in [3.8, 4) is 5.75 Å². The monoisotopic (exact) mass is 436 g/mol. The van der Waals surface area contributed by atoms with Gasteiger partial charge in [0, 0.05) is 18.7 Å². The van der Waals surface area contributed by atoms with E-state index in [1.165, 1.54) is 22.5 Å². The maximum Gasteiger partial charge on any atom is 0.251 e. The smallest absolute Gasteiger partial charge is 0.251 e. The van der Waals surface area contributed by atoms with Crippen LogP contribution in [0.3, 0.4) is 0 Å². The Hall–Kier alpha value is -2.09. The van der Waals surface area contributed by atoms with Gasteiger partial charge in [-0.1, -0.05) is 23.7 Å². The molecule has 8 heteroatoms. The molecule has 1 atom stereocenters. The first-order valence-corrected chi connectivity index (χ1v) is 11.5. The van der Waals surface area contributed by atoms with Gasteiger partial charge in [0.05, 0.1) is 17.7 Å². The Labute approximate surface area is 176 Å². The predicted molar refractivity (Wildman–Crippen MR) is 113 cm³/mol. The minimum Gasteiger partial charge on any atom is -0.494 e. The van der Waals surface area contributed by atoms with Crippen molar-refractivity contribution in [2.45, 2.75) is 37.6 Å². The van der Waals surface area contributed by atoms with Gasteiger partial charge in [0.2, 0.25) is 10.0 Å². The molecule has 2 aromatic carbocycles. The Kier molecular flexibility index (Phi) is 6.82. The molecule has 1 heterocycles. The van der Waals surface area contributed by atoms with E-state index in [0.29, 0.717) is 19.7 Å². The van der Waals surface area contributed by atoms with Crippen LogP contribution in [0, 0.1) is 0 Å². The van der Waals surface area contributed by atoms with Crippen LogP contribution in [-0.4, -0.2) is 38.3 Å². The van der Waals surface area contributed by atoms with Crippen molar-refractivity contribution in [2.75, 3.05) is 19.7 Å². The molecule has 3 rings (SSSR count). The number of hydrogen-bond donors (Lipinski definition) is 1. The summed E-state index contributed by atoms with van der Waals surface area (Å²) in [5, 5.41) is 3.02. The zero-order chi connectivity index (χ0) is 21.0. The second kappa shape index (κ2) is 9.15. The van der Waals surface area contributed by atoms with Crippen LogP contribution in [-0.2, 0) is 10.0 Å². The molecule has 0 spiro atoms. The van der Waals surface area contributed by atoms with Gasteiger partial charge in [-0.25, -0.2) is 8.42 Å². The van der Waals surface area contributed by atoms with Crippen LogP contribution in [0.2, 0.25) is 5.02 Å². The van der Waals surface area contributed by atoms with E-state index in [1.807, 2.05) is 38.1 Å². The molecule has 0 aliphatic carbocycles. The molecule has 1 fully saturated rings. The fourth-order valence-corrected chi connectivity index (χ4v) is 5.31. The first-order valence-electron chi connectivity index (χ1n) is 9.66. The third kappa shape index (κ3) is 4.91. The standard InChI is InChI=1S/C21H25ClN2O4S/c1-3-28-18-9-6-16(7-10-18)15(2)23-21(25)17-8-11-19(22)20(14-17)29(26,27)24-12-4-5-13-24/h6-11,14-15H,3-5,12-13H2,1-2H3,(H,23,25)/t15-/m1/s1. The summed E-state index contributed by atoms with van der Waals surface area (Å²) in [6, 6.07) is 11.6. The molecule has 0 radical (unpaired) electrons. The van der Waals surface area contributed by atoms with Gasteiger partial charge in [-0.3, -0.25) is 4.79 Å². The second-order valence-corrected chi connectivity index (χ2v) is 9.27. The highest BCUT2D eigenvalue weighted by Crippen LogP contribution is 2.28. The fourth-order valence-electron chi connectivity index (χ4n) is 3.29. The summed E-state index contributed by atoms with van der Waals surface area (Å²) in [6.45, 7) is 5.32. The topological polar surface area (TPSA) is 75.7 Å². The van der Waals surface area contributed by atoms with Crippen molar-refractivity contribution in [3.05, 3.63) is 58.6 Å². The summed E-state index contributed by atoms with van der Waals surface area (Å²) in [5.74, 6) is 0.408. The number of nitrogens with zero attached hydrogens (tertiary/aromatic N) is 1. The fraction of sp³-hybridized carbons (Fsp3) is 0.381. The van der Waals surface area contributed by atoms with Crippen LogP contribution in [0.5, 0.6) is 5.75 Å². The number of ether oxygens (including phenoxy) is 1. The van der Waals surface area contributed by atoms with Gasteiger partial charge >= 0.3 is 0 Å².